The molecule has 4 heterocycles. The summed E-state index contributed by atoms with van der Waals surface area (Å²) in [6.07, 6.45) is 0. The normalized spacial score (nSPS) is 11.3. The number of H-pyrrole nitrogens is 1. The van der Waals surface area contributed by atoms with Gasteiger partial charge in [0.2, 0.25) is 10.8 Å². The van der Waals surface area contributed by atoms with E-state index >= 15 is 0 Å². The van der Waals surface area contributed by atoms with Crippen molar-refractivity contribution in [3.63, 3.8) is 0 Å². The summed E-state index contributed by atoms with van der Waals surface area (Å²) in [4.78, 5) is 0.674. The van der Waals surface area contributed by atoms with Gasteiger partial charge in [-0.15, -0.1) is 15.3 Å². The van der Waals surface area contributed by atoms with Crippen LogP contribution >= 0.6 is 27.3 Å². The molecule has 4 aromatic heterocycles. The van der Waals surface area contributed by atoms with E-state index in [-0.39, 0.29) is 0 Å². The lowest BCUT2D eigenvalue weighted by molar-refractivity contribution is 0.415. The third kappa shape index (κ3) is 2.82. The Balaban J connectivity index is 1.52. The molecule has 134 valence electrons. The highest BCUT2D eigenvalue weighted by molar-refractivity contribution is 9.10. The highest BCUT2D eigenvalue weighted by Gasteiger charge is 2.18. The van der Waals surface area contributed by atoms with Gasteiger partial charge in [-0.2, -0.15) is 9.61 Å². The summed E-state index contributed by atoms with van der Waals surface area (Å²) in [6.45, 7) is 0. The van der Waals surface area contributed by atoms with Gasteiger partial charge < -0.3 is 9.15 Å². The van der Waals surface area contributed by atoms with Gasteiger partial charge in [0.15, 0.2) is 15.4 Å². The van der Waals surface area contributed by atoms with Crippen LogP contribution in [-0.4, -0.2) is 37.1 Å². The molecule has 0 radical (unpaired) electrons. The number of hydrogen-bond acceptors (Lipinski definition) is 7. The molecule has 0 spiro atoms. The van der Waals surface area contributed by atoms with Crippen molar-refractivity contribution >= 4 is 32.2 Å². The van der Waals surface area contributed by atoms with Crippen LogP contribution in [-0.2, 0) is 0 Å². The molecule has 0 saturated carbocycles. The first-order chi connectivity index (χ1) is 13.2. The van der Waals surface area contributed by atoms with E-state index in [1.807, 2.05) is 42.5 Å². The molecule has 0 unspecified atom stereocenters. The number of fused-ring (bicyclic) bond motifs is 1. The topological polar surface area (TPSA) is 94.1 Å². The zero-order valence-electron chi connectivity index (χ0n) is 13.9. The molecule has 0 aliphatic carbocycles. The number of hydrogen-bond donors (Lipinski definition) is 1. The van der Waals surface area contributed by atoms with Crippen molar-refractivity contribution in [3.05, 3.63) is 47.1 Å². The van der Waals surface area contributed by atoms with Crippen molar-refractivity contribution in [2.75, 3.05) is 7.11 Å². The Morgan fingerprint density at radius 2 is 2.00 bits per heavy atom. The van der Waals surface area contributed by atoms with Gasteiger partial charge in [-0.05, 0) is 58.4 Å². The minimum Gasteiger partial charge on any atom is -0.497 e. The number of aromatic nitrogens is 6. The fraction of sp³-hybridized carbons (Fsp3) is 0.0588. The van der Waals surface area contributed by atoms with Crippen molar-refractivity contribution in [2.45, 2.75) is 0 Å². The van der Waals surface area contributed by atoms with E-state index in [1.165, 1.54) is 11.3 Å². The Hall–Kier alpha value is -2.98. The molecule has 0 aliphatic heterocycles. The summed E-state index contributed by atoms with van der Waals surface area (Å²) in [5, 5.41) is 21.1. The van der Waals surface area contributed by atoms with E-state index < -0.39 is 0 Å². The van der Waals surface area contributed by atoms with E-state index in [4.69, 9.17) is 9.15 Å². The largest absolute Gasteiger partial charge is 0.497 e. The van der Waals surface area contributed by atoms with E-state index in [1.54, 1.807) is 11.6 Å². The molecule has 1 N–H and O–H groups in total. The molecule has 5 rings (SSSR count). The molecule has 5 aromatic rings. The first-order valence-electron chi connectivity index (χ1n) is 7.89. The number of benzene rings is 1. The maximum absolute atomic E-state index is 5.57. The standard InChI is InChI=1S/C17H11BrN6O2S/c1-25-10-4-2-9(3-5-10)11-8-12(20-19-11)15-21-22-17-24(15)23-16(27-17)13-6-7-14(18)26-13/h2-8H,1H3,(H,19,20). The van der Waals surface area contributed by atoms with Crippen molar-refractivity contribution in [1.82, 2.24) is 30.0 Å². The van der Waals surface area contributed by atoms with Crippen LogP contribution in [0.3, 0.4) is 0 Å². The van der Waals surface area contributed by atoms with Gasteiger partial charge in [0, 0.05) is 5.56 Å². The lowest BCUT2D eigenvalue weighted by Crippen LogP contribution is -1.90. The van der Waals surface area contributed by atoms with Crippen LogP contribution in [0.5, 0.6) is 5.75 Å². The van der Waals surface area contributed by atoms with E-state index in [2.05, 4.69) is 41.4 Å². The van der Waals surface area contributed by atoms with Crippen LogP contribution in [0.25, 0.3) is 38.5 Å². The predicted molar refractivity (Wildman–Crippen MR) is 104 cm³/mol. The first-order valence-corrected chi connectivity index (χ1v) is 9.50. The number of furan rings is 1. The maximum Gasteiger partial charge on any atom is 0.235 e. The number of nitrogens with zero attached hydrogens (tertiary/aromatic N) is 5. The average Bonchev–Trinajstić information content (AvgIpc) is 3.45. The number of nitrogens with one attached hydrogen (secondary N) is 1. The molecule has 0 atom stereocenters. The quantitative estimate of drug-likeness (QED) is 0.446. The minimum absolute atomic E-state index is 0.588. The Morgan fingerprint density at radius 1 is 1.15 bits per heavy atom. The predicted octanol–water partition coefficient (Wildman–Crippen LogP) is 4.27. The molecular formula is C17H11BrN6O2S. The molecule has 27 heavy (non-hydrogen) atoms. The number of rotatable bonds is 4. The molecule has 0 bridgehead atoms. The zero-order valence-corrected chi connectivity index (χ0v) is 16.3. The molecule has 0 aliphatic rings. The van der Waals surface area contributed by atoms with Gasteiger partial charge >= 0.3 is 0 Å². The van der Waals surface area contributed by atoms with Gasteiger partial charge in [-0.3, -0.25) is 5.10 Å². The van der Waals surface area contributed by atoms with Crippen molar-refractivity contribution in [1.29, 1.82) is 0 Å². The fourth-order valence-corrected chi connectivity index (χ4v) is 3.77. The second-order valence-electron chi connectivity index (χ2n) is 5.62. The van der Waals surface area contributed by atoms with Gasteiger partial charge in [0.05, 0.1) is 12.8 Å². The monoisotopic (exact) mass is 442 g/mol. The van der Waals surface area contributed by atoms with Crippen molar-refractivity contribution < 1.29 is 9.15 Å². The molecule has 8 nitrogen and oxygen atoms in total. The SMILES string of the molecule is COc1ccc(-c2cc(-c3nnc4sc(-c5ccc(Br)o5)nn34)[nH]n2)cc1. The molecule has 1 aromatic carbocycles. The first kappa shape index (κ1) is 16.2. The van der Waals surface area contributed by atoms with E-state index in [9.17, 15) is 0 Å². The highest BCUT2D eigenvalue weighted by Crippen LogP contribution is 2.31. The van der Waals surface area contributed by atoms with Crippen LogP contribution in [0.2, 0.25) is 0 Å². The highest BCUT2D eigenvalue weighted by atomic mass is 79.9. The van der Waals surface area contributed by atoms with Crippen LogP contribution < -0.4 is 4.74 Å². The number of halogens is 1. The van der Waals surface area contributed by atoms with Gasteiger partial charge in [-0.1, -0.05) is 11.3 Å². The van der Waals surface area contributed by atoms with Crippen LogP contribution in [0, 0.1) is 0 Å². The lowest BCUT2D eigenvalue weighted by atomic mass is 10.1. The van der Waals surface area contributed by atoms with E-state index in [0.717, 1.165) is 27.7 Å². The lowest BCUT2D eigenvalue weighted by Gasteiger charge is -1.99. The van der Waals surface area contributed by atoms with Gasteiger partial charge in [0.1, 0.15) is 11.4 Å². The Morgan fingerprint density at radius 3 is 2.74 bits per heavy atom. The third-order valence-corrected chi connectivity index (χ3v) is 5.32. The fourth-order valence-electron chi connectivity index (χ4n) is 2.66. The maximum atomic E-state index is 5.57. The van der Waals surface area contributed by atoms with Crippen LogP contribution in [0.15, 0.2) is 51.6 Å². The second-order valence-corrected chi connectivity index (χ2v) is 7.36. The summed E-state index contributed by atoms with van der Waals surface area (Å²) in [7, 11) is 1.64. The van der Waals surface area contributed by atoms with Gasteiger partial charge in [0.25, 0.3) is 0 Å². The van der Waals surface area contributed by atoms with Crippen molar-refractivity contribution in [2.24, 2.45) is 0 Å². The molecule has 0 amide bonds. The second kappa shape index (κ2) is 6.32. The molecule has 0 fully saturated rings. The Kier molecular flexibility index (Phi) is 3.80. The van der Waals surface area contributed by atoms with Crippen LogP contribution in [0.4, 0.5) is 0 Å². The summed E-state index contributed by atoms with van der Waals surface area (Å²) in [5.74, 6) is 2.06. The number of ether oxygens (including phenoxy) is 1. The summed E-state index contributed by atoms with van der Waals surface area (Å²) in [5.41, 5.74) is 2.50. The Labute approximate surface area is 164 Å². The molecular weight excluding hydrogens is 432 g/mol. The summed E-state index contributed by atoms with van der Waals surface area (Å²) in [6, 6.07) is 13.3. The minimum atomic E-state index is 0.588. The van der Waals surface area contributed by atoms with Gasteiger partial charge in [-0.25, -0.2) is 0 Å². The van der Waals surface area contributed by atoms with E-state index in [0.29, 0.717) is 21.2 Å². The summed E-state index contributed by atoms with van der Waals surface area (Å²) < 4.78 is 13.1. The summed E-state index contributed by atoms with van der Waals surface area (Å²) >= 11 is 4.71. The molecule has 10 heteroatoms. The molecule has 0 saturated heterocycles. The van der Waals surface area contributed by atoms with Crippen LogP contribution in [0.1, 0.15) is 0 Å². The Bertz CT molecular complexity index is 1240. The zero-order chi connectivity index (χ0) is 18.4. The van der Waals surface area contributed by atoms with Crippen molar-refractivity contribution in [3.8, 4) is 39.3 Å². The average molecular weight is 443 g/mol. The third-order valence-electron chi connectivity index (χ3n) is 3.98. The number of aromatic amines is 1. The smallest absolute Gasteiger partial charge is 0.235 e. The number of methoxy groups -OCH3 is 1.